The summed E-state index contributed by atoms with van der Waals surface area (Å²) in [5.74, 6) is 0. The number of benzene rings is 4. The van der Waals surface area contributed by atoms with Gasteiger partial charge in [-0.2, -0.15) is 0 Å². The molecule has 4 aromatic carbocycles. The van der Waals surface area contributed by atoms with E-state index in [1.165, 1.54) is 22.3 Å². The highest BCUT2D eigenvalue weighted by Gasteiger charge is 1.99. The van der Waals surface area contributed by atoms with Gasteiger partial charge in [-0.05, 0) is 79.9 Å². The summed E-state index contributed by atoms with van der Waals surface area (Å²) >= 11 is 0. The minimum absolute atomic E-state index is 0.819. The quantitative estimate of drug-likeness (QED) is 0.217. The third kappa shape index (κ3) is 6.83. The van der Waals surface area contributed by atoms with Crippen molar-refractivity contribution < 1.29 is 0 Å². The van der Waals surface area contributed by atoms with Crippen LogP contribution in [0.4, 0.5) is 22.7 Å². The van der Waals surface area contributed by atoms with Gasteiger partial charge in [0.2, 0.25) is 0 Å². The second-order valence-corrected chi connectivity index (χ2v) is 7.87. The Morgan fingerprint density at radius 1 is 0.485 bits per heavy atom. The summed E-state index contributed by atoms with van der Waals surface area (Å²) in [5, 5.41) is 16.5. The van der Waals surface area contributed by atoms with Crippen LogP contribution >= 0.6 is 0 Å². The number of anilines is 2. The van der Waals surface area contributed by atoms with E-state index in [4.69, 9.17) is 0 Å². The first-order chi connectivity index (χ1) is 16.1. The Morgan fingerprint density at radius 2 is 0.848 bits per heavy atom. The van der Waals surface area contributed by atoms with Gasteiger partial charge in [0, 0.05) is 0 Å². The first kappa shape index (κ1) is 21.9. The zero-order valence-electron chi connectivity index (χ0n) is 18.7. The molecule has 0 aliphatic carbocycles. The zero-order valence-corrected chi connectivity index (χ0v) is 18.7. The van der Waals surface area contributed by atoms with Gasteiger partial charge in [0.25, 0.3) is 0 Å². The highest BCUT2D eigenvalue weighted by molar-refractivity contribution is 5.47. The maximum absolute atomic E-state index is 4.18. The van der Waals surface area contributed by atoms with Crippen LogP contribution in [-0.2, 0) is 6.42 Å². The van der Waals surface area contributed by atoms with Crippen LogP contribution in [-0.4, -0.2) is 0 Å². The van der Waals surface area contributed by atoms with Gasteiger partial charge in [0.15, 0.2) is 0 Å². The van der Waals surface area contributed by atoms with Crippen LogP contribution in [0.3, 0.4) is 0 Å². The van der Waals surface area contributed by atoms with Gasteiger partial charge in [0.1, 0.15) is 0 Å². The van der Waals surface area contributed by atoms with Crippen molar-refractivity contribution >= 4 is 22.7 Å². The van der Waals surface area contributed by atoms with Crippen molar-refractivity contribution in [1.29, 1.82) is 0 Å². The fourth-order valence-corrected chi connectivity index (χ4v) is 3.13. The first-order valence-corrected chi connectivity index (χ1v) is 10.8. The summed E-state index contributed by atoms with van der Waals surface area (Å²) in [7, 11) is 0. The maximum Gasteiger partial charge on any atom is 0.0874 e. The van der Waals surface area contributed by atoms with Crippen molar-refractivity contribution in [3.63, 3.8) is 0 Å². The Hall–Kier alpha value is -4.32. The predicted molar refractivity (Wildman–Crippen MR) is 134 cm³/mol. The Bertz CT molecular complexity index is 1110. The first-order valence-electron chi connectivity index (χ1n) is 10.8. The van der Waals surface area contributed by atoms with Gasteiger partial charge in [-0.1, -0.05) is 70.1 Å². The Labute approximate surface area is 194 Å². The van der Waals surface area contributed by atoms with Crippen molar-refractivity contribution in [3.05, 3.63) is 119 Å². The lowest BCUT2D eigenvalue weighted by Gasteiger charge is -2.05. The predicted octanol–water partition coefficient (Wildman–Crippen LogP) is 8.12. The molecule has 0 saturated carbocycles. The molecule has 0 aliphatic rings. The number of hydrogen-bond acceptors (Lipinski definition) is 4. The van der Waals surface area contributed by atoms with E-state index < -0.39 is 0 Å². The zero-order chi connectivity index (χ0) is 22.9. The lowest BCUT2D eigenvalue weighted by Crippen LogP contribution is -1.92. The van der Waals surface area contributed by atoms with Crippen LogP contribution in [0.1, 0.15) is 22.3 Å². The van der Waals surface area contributed by atoms with Crippen molar-refractivity contribution in [2.24, 2.45) is 20.7 Å². The summed E-state index contributed by atoms with van der Waals surface area (Å²) in [6.45, 7) is 4.09. The van der Waals surface area contributed by atoms with Gasteiger partial charge < -0.3 is 0 Å². The van der Waals surface area contributed by atoms with Crippen LogP contribution in [0, 0.1) is 13.8 Å². The fraction of sp³-hybridized carbons (Fsp3) is 0.111. The Morgan fingerprint density at radius 3 is 1.21 bits per heavy atom. The molecule has 0 spiro atoms. The average molecular weight is 435 g/mol. The topological polar surface area (TPSA) is 73.5 Å². The standard InChI is InChI=1S/C27H26N6/c1-20-3-11-24(12-4-20)28-32-30-26-15-7-22(8-16-26)19-23-9-17-27(18-10-23)31-33-29-25-13-5-21(2)6-14-25/h3-18H,19H2,1-2H3,(H,28,30)(H,29,31). The molecule has 0 radical (unpaired) electrons. The molecule has 4 rings (SSSR count). The third-order valence-electron chi connectivity index (χ3n) is 5.07. The van der Waals surface area contributed by atoms with E-state index in [1.54, 1.807) is 0 Å². The van der Waals surface area contributed by atoms with Crippen LogP contribution in [0.5, 0.6) is 0 Å². The van der Waals surface area contributed by atoms with E-state index in [1.807, 2.05) is 86.6 Å². The molecule has 0 aliphatic heterocycles. The molecule has 0 heterocycles. The number of nitrogens with zero attached hydrogens (tertiary/aromatic N) is 4. The van der Waals surface area contributed by atoms with Gasteiger partial charge in [-0.15, -0.1) is 10.2 Å². The largest absolute Gasteiger partial charge is 0.260 e. The molecule has 4 aromatic rings. The fourth-order valence-electron chi connectivity index (χ4n) is 3.13. The molecule has 0 aromatic heterocycles. The molecule has 0 atom stereocenters. The minimum atomic E-state index is 0.819. The molecule has 2 N–H and O–H groups in total. The van der Waals surface area contributed by atoms with E-state index in [2.05, 4.69) is 55.8 Å². The van der Waals surface area contributed by atoms with E-state index in [0.29, 0.717) is 0 Å². The van der Waals surface area contributed by atoms with Crippen LogP contribution < -0.4 is 10.9 Å². The monoisotopic (exact) mass is 434 g/mol. The van der Waals surface area contributed by atoms with Gasteiger partial charge in [-0.25, -0.2) is 0 Å². The van der Waals surface area contributed by atoms with Crippen LogP contribution in [0.25, 0.3) is 0 Å². The highest BCUT2D eigenvalue weighted by Crippen LogP contribution is 2.18. The number of hydrogen-bond donors (Lipinski definition) is 2. The van der Waals surface area contributed by atoms with Crippen molar-refractivity contribution in [2.45, 2.75) is 20.3 Å². The Balaban J connectivity index is 1.27. The van der Waals surface area contributed by atoms with Crippen LogP contribution in [0.2, 0.25) is 0 Å². The smallest absolute Gasteiger partial charge is 0.0874 e. The molecule has 6 nitrogen and oxygen atoms in total. The summed E-state index contributed by atoms with van der Waals surface area (Å²) < 4.78 is 0. The highest BCUT2D eigenvalue weighted by atomic mass is 15.4. The second-order valence-electron chi connectivity index (χ2n) is 7.87. The molecule has 0 unspecified atom stereocenters. The minimum Gasteiger partial charge on any atom is -0.260 e. The van der Waals surface area contributed by atoms with E-state index in [0.717, 1.165) is 29.2 Å². The maximum atomic E-state index is 4.18. The lowest BCUT2D eigenvalue weighted by molar-refractivity contribution is 1.12. The molecule has 33 heavy (non-hydrogen) atoms. The van der Waals surface area contributed by atoms with Crippen molar-refractivity contribution in [3.8, 4) is 0 Å². The average Bonchev–Trinajstić information content (AvgIpc) is 2.84. The summed E-state index contributed by atoms with van der Waals surface area (Å²) in [6.07, 6.45) is 0.844. The van der Waals surface area contributed by atoms with Crippen molar-refractivity contribution in [2.75, 3.05) is 10.9 Å². The molecule has 6 heteroatoms. The molecule has 0 amide bonds. The number of nitrogens with one attached hydrogen (secondary N) is 2. The van der Waals surface area contributed by atoms with E-state index in [9.17, 15) is 0 Å². The third-order valence-corrected chi connectivity index (χ3v) is 5.07. The molecular weight excluding hydrogens is 408 g/mol. The SMILES string of the molecule is Cc1ccc(N=NNc2ccc(Cc3ccc(NN=Nc4ccc(C)cc4)cc3)cc2)cc1. The molecule has 0 bridgehead atoms. The van der Waals surface area contributed by atoms with Gasteiger partial charge >= 0.3 is 0 Å². The normalized spacial score (nSPS) is 11.2. The van der Waals surface area contributed by atoms with Gasteiger partial charge in [-0.3, -0.25) is 10.9 Å². The van der Waals surface area contributed by atoms with Crippen LogP contribution in [0.15, 0.2) is 118 Å². The van der Waals surface area contributed by atoms with Gasteiger partial charge in [0.05, 0.1) is 22.7 Å². The molecule has 164 valence electrons. The molecule has 0 fully saturated rings. The van der Waals surface area contributed by atoms with E-state index >= 15 is 0 Å². The summed E-state index contributed by atoms with van der Waals surface area (Å²) in [4.78, 5) is 0. The summed E-state index contributed by atoms with van der Waals surface area (Å²) in [6, 6.07) is 32.2. The lowest BCUT2D eigenvalue weighted by atomic mass is 10.0. The number of aryl methyl sites for hydroxylation is 2. The van der Waals surface area contributed by atoms with Crippen molar-refractivity contribution in [1.82, 2.24) is 0 Å². The Kier molecular flexibility index (Phi) is 7.18. The van der Waals surface area contributed by atoms with E-state index in [-0.39, 0.29) is 0 Å². The second kappa shape index (κ2) is 10.8. The number of rotatable bonds is 8. The molecular formula is C27H26N6. The summed E-state index contributed by atoms with van der Waals surface area (Å²) in [5.41, 5.74) is 14.2. The molecule has 0 saturated heterocycles.